The number of fused-ring (bicyclic) bond motifs is 1. The van der Waals surface area contributed by atoms with Gasteiger partial charge in [-0.05, 0) is 37.7 Å². The van der Waals surface area contributed by atoms with Gasteiger partial charge in [0.15, 0.2) is 11.5 Å². The average molecular weight is 208 g/mol. The summed E-state index contributed by atoms with van der Waals surface area (Å²) in [4.78, 5) is 0. The smallest absolute Gasteiger partial charge is 0.231 e. The van der Waals surface area contributed by atoms with Crippen LogP contribution >= 0.6 is 0 Å². The summed E-state index contributed by atoms with van der Waals surface area (Å²) >= 11 is 0. The molecule has 1 aromatic rings. The molecule has 0 saturated heterocycles. The molecule has 4 nitrogen and oxygen atoms in total. The third-order valence-corrected chi connectivity index (χ3v) is 2.60. The minimum Gasteiger partial charge on any atom is -0.454 e. The third-order valence-electron chi connectivity index (χ3n) is 2.60. The van der Waals surface area contributed by atoms with Gasteiger partial charge in [-0.25, -0.2) is 0 Å². The van der Waals surface area contributed by atoms with Crippen LogP contribution in [0.3, 0.4) is 0 Å². The maximum Gasteiger partial charge on any atom is 0.231 e. The lowest BCUT2D eigenvalue weighted by molar-refractivity contribution is 0.174. The molecule has 1 heterocycles. The Balaban J connectivity index is 2.20. The second-order valence-electron chi connectivity index (χ2n) is 3.53. The first-order chi connectivity index (χ1) is 7.35. The van der Waals surface area contributed by atoms with E-state index in [-0.39, 0.29) is 6.04 Å². The molecule has 0 fully saturated rings. The molecule has 82 valence electrons. The Bertz CT molecular complexity index is 341. The molecule has 1 atom stereocenters. The van der Waals surface area contributed by atoms with Crippen LogP contribution in [0, 0.1) is 0 Å². The molecule has 1 aliphatic heterocycles. The number of rotatable bonds is 4. The van der Waals surface area contributed by atoms with Crippen molar-refractivity contribution in [2.45, 2.75) is 12.5 Å². The van der Waals surface area contributed by atoms with Crippen LogP contribution in [0.25, 0.3) is 0 Å². The largest absolute Gasteiger partial charge is 0.454 e. The maximum absolute atomic E-state index is 5.56. The van der Waals surface area contributed by atoms with E-state index < -0.39 is 0 Å². The minimum atomic E-state index is 0.282. The molecule has 0 bridgehead atoms. The minimum absolute atomic E-state index is 0.282. The average Bonchev–Trinajstić information content (AvgIpc) is 2.72. The van der Waals surface area contributed by atoms with Crippen LogP contribution in [0.1, 0.15) is 18.0 Å². The molecule has 0 spiro atoms. The zero-order chi connectivity index (χ0) is 10.7. The molecule has 0 aromatic heterocycles. The van der Waals surface area contributed by atoms with Gasteiger partial charge in [0.05, 0.1) is 0 Å². The van der Waals surface area contributed by atoms with Gasteiger partial charge in [0, 0.05) is 6.04 Å². The molecule has 1 unspecified atom stereocenters. The van der Waals surface area contributed by atoms with Crippen molar-refractivity contribution in [1.82, 2.24) is 5.32 Å². The van der Waals surface area contributed by atoms with Crippen LogP contribution < -0.4 is 20.5 Å². The van der Waals surface area contributed by atoms with Gasteiger partial charge in [-0.3, -0.25) is 0 Å². The molecule has 1 aliphatic rings. The van der Waals surface area contributed by atoms with Crippen molar-refractivity contribution in [3.8, 4) is 11.5 Å². The Kier molecular flexibility index (Phi) is 3.08. The normalized spacial score (nSPS) is 15.3. The molecule has 1 aromatic carbocycles. The van der Waals surface area contributed by atoms with Gasteiger partial charge in [0.25, 0.3) is 0 Å². The fraction of sp³-hybridized carbons (Fsp3) is 0.455. The zero-order valence-corrected chi connectivity index (χ0v) is 8.82. The second kappa shape index (κ2) is 4.51. The van der Waals surface area contributed by atoms with Gasteiger partial charge in [-0.1, -0.05) is 6.07 Å². The Morgan fingerprint density at radius 2 is 2.20 bits per heavy atom. The fourth-order valence-electron chi connectivity index (χ4n) is 1.77. The number of nitrogens with one attached hydrogen (secondary N) is 1. The highest BCUT2D eigenvalue weighted by Gasteiger charge is 2.16. The number of ether oxygens (including phenoxy) is 2. The summed E-state index contributed by atoms with van der Waals surface area (Å²) in [6, 6.07) is 6.28. The summed E-state index contributed by atoms with van der Waals surface area (Å²) in [7, 11) is 1.94. The first kappa shape index (κ1) is 10.3. The van der Waals surface area contributed by atoms with Gasteiger partial charge < -0.3 is 20.5 Å². The monoisotopic (exact) mass is 208 g/mol. The molecule has 0 saturated carbocycles. The van der Waals surface area contributed by atoms with Gasteiger partial charge in [0.2, 0.25) is 6.79 Å². The topological polar surface area (TPSA) is 56.5 Å². The summed E-state index contributed by atoms with van der Waals surface area (Å²) in [5.41, 5.74) is 6.75. The quantitative estimate of drug-likeness (QED) is 0.775. The first-order valence-electron chi connectivity index (χ1n) is 5.12. The predicted molar refractivity (Wildman–Crippen MR) is 58.0 cm³/mol. The van der Waals surface area contributed by atoms with E-state index in [4.69, 9.17) is 15.2 Å². The van der Waals surface area contributed by atoms with Crippen LogP contribution in [-0.4, -0.2) is 20.4 Å². The van der Waals surface area contributed by atoms with Crippen LogP contribution in [0.5, 0.6) is 11.5 Å². The highest BCUT2D eigenvalue weighted by molar-refractivity contribution is 5.45. The van der Waals surface area contributed by atoms with Crippen LogP contribution in [0.15, 0.2) is 18.2 Å². The molecule has 0 aliphatic carbocycles. The molecule has 0 radical (unpaired) electrons. The molecular formula is C11H16N2O2. The number of hydrogen-bond acceptors (Lipinski definition) is 4. The number of hydrogen-bond donors (Lipinski definition) is 2. The van der Waals surface area contributed by atoms with E-state index in [0.29, 0.717) is 13.3 Å². The summed E-state index contributed by atoms with van der Waals surface area (Å²) in [5, 5.41) is 3.23. The van der Waals surface area contributed by atoms with Gasteiger partial charge >= 0.3 is 0 Å². The van der Waals surface area contributed by atoms with Crippen molar-refractivity contribution in [1.29, 1.82) is 0 Å². The highest BCUT2D eigenvalue weighted by atomic mass is 16.7. The Morgan fingerprint density at radius 1 is 1.40 bits per heavy atom. The van der Waals surface area contributed by atoms with Gasteiger partial charge in [-0.15, -0.1) is 0 Å². The van der Waals surface area contributed by atoms with E-state index >= 15 is 0 Å². The molecule has 3 N–H and O–H groups in total. The standard InChI is InChI=1S/C11H16N2O2/c1-13-9(4-5-12)8-2-3-10-11(6-8)15-7-14-10/h2-3,6,9,13H,4-5,7,12H2,1H3. The second-order valence-corrected chi connectivity index (χ2v) is 3.53. The molecule has 15 heavy (non-hydrogen) atoms. The third kappa shape index (κ3) is 2.06. The SMILES string of the molecule is CNC(CCN)c1ccc2c(c1)OCO2. The van der Waals surface area contributed by atoms with E-state index in [0.717, 1.165) is 17.9 Å². The van der Waals surface area contributed by atoms with Crippen molar-refractivity contribution in [3.05, 3.63) is 23.8 Å². The summed E-state index contributed by atoms with van der Waals surface area (Å²) in [6.07, 6.45) is 0.913. The van der Waals surface area contributed by atoms with Crippen molar-refractivity contribution in [3.63, 3.8) is 0 Å². The van der Waals surface area contributed by atoms with Crippen molar-refractivity contribution < 1.29 is 9.47 Å². The Morgan fingerprint density at radius 3 is 2.93 bits per heavy atom. The molecular weight excluding hydrogens is 192 g/mol. The van der Waals surface area contributed by atoms with Crippen LogP contribution in [0.2, 0.25) is 0 Å². The van der Waals surface area contributed by atoms with E-state index in [1.165, 1.54) is 5.56 Å². The lowest BCUT2D eigenvalue weighted by Crippen LogP contribution is -2.19. The summed E-state index contributed by atoms with van der Waals surface area (Å²) < 4.78 is 10.6. The first-order valence-corrected chi connectivity index (χ1v) is 5.12. The zero-order valence-electron chi connectivity index (χ0n) is 8.82. The highest BCUT2D eigenvalue weighted by Crippen LogP contribution is 2.34. The fourth-order valence-corrected chi connectivity index (χ4v) is 1.77. The molecule has 0 amide bonds. The summed E-state index contributed by atoms with van der Waals surface area (Å²) in [6.45, 7) is 0.986. The molecule has 2 rings (SSSR count). The van der Waals surface area contributed by atoms with Crippen LogP contribution in [0.4, 0.5) is 0 Å². The predicted octanol–water partition coefficient (Wildman–Crippen LogP) is 1.02. The van der Waals surface area contributed by atoms with Crippen molar-refractivity contribution >= 4 is 0 Å². The summed E-state index contributed by atoms with van der Waals surface area (Å²) in [5.74, 6) is 1.64. The van der Waals surface area contributed by atoms with Crippen molar-refractivity contribution in [2.75, 3.05) is 20.4 Å². The van der Waals surface area contributed by atoms with Gasteiger partial charge in [0.1, 0.15) is 0 Å². The Labute approximate surface area is 89.4 Å². The van der Waals surface area contributed by atoms with Crippen LogP contribution in [-0.2, 0) is 0 Å². The maximum atomic E-state index is 5.56. The lowest BCUT2D eigenvalue weighted by Gasteiger charge is -2.15. The van der Waals surface area contributed by atoms with E-state index in [9.17, 15) is 0 Å². The number of nitrogens with two attached hydrogens (primary N) is 1. The number of benzene rings is 1. The van der Waals surface area contributed by atoms with Crippen molar-refractivity contribution in [2.24, 2.45) is 5.73 Å². The lowest BCUT2D eigenvalue weighted by atomic mass is 10.0. The van der Waals surface area contributed by atoms with Gasteiger partial charge in [-0.2, -0.15) is 0 Å². The molecule has 4 heteroatoms. The Hall–Kier alpha value is -1.26. The van der Waals surface area contributed by atoms with E-state index in [1.807, 2.05) is 25.2 Å². The van der Waals surface area contributed by atoms with E-state index in [1.54, 1.807) is 0 Å². The van der Waals surface area contributed by atoms with E-state index in [2.05, 4.69) is 5.32 Å².